The number of benzene rings is 2. The summed E-state index contributed by atoms with van der Waals surface area (Å²) in [5.74, 6) is 2.21. The van der Waals surface area contributed by atoms with Crippen molar-refractivity contribution in [1.29, 1.82) is 0 Å². The maximum absolute atomic E-state index is 12.4. The Morgan fingerprint density at radius 1 is 1.00 bits per heavy atom. The van der Waals surface area contributed by atoms with Gasteiger partial charge in [0.25, 0.3) is 0 Å². The topological polar surface area (TPSA) is 47.6 Å². The predicted molar refractivity (Wildman–Crippen MR) is 105 cm³/mol. The lowest BCUT2D eigenvalue weighted by Gasteiger charge is -2.21. The molecule has 2 rings (SSSR count). The van der Waals surface area contributed by atoms with Crippen LogP contribution in [0.25, 0.3) is 0 Å². The van der Waals surface area contributed by atoms with Gasteiger partial charge < -0.3 is 14.8 Å². The first-order valence-corrected chi connectivity index (χ1v) is 9.19. The Bertz CT molecular complexity index is 653. The van der Waals surface area contributed by atoms with Crippen LogP contribution in [0.1, 0.15) is 44.7 Å². The van der Waals surface area contributed by atoms with Crippen LogP contribution < -0.4 is 14.8 Å². The number of hydrogen-bond donors (Lipinski definition) is 1. The number of ether oxygens (including phenoxy) is 2. The largest absolute Gasteiger partial charge is 0.497 e. The van der Waals surface area contributed by atoms with Crippen molar-refractivity contribution in [2.75, 3.05) is 13.7 Å². The van der Waals surface area contributed by atoms with E-state index in [4.69, 9.17) is 9.47 Å². The average Bonchev–Trinajstić information content (AvgIpc) is 2.65. The molecule has 2 aromatic carbocycles. The Balaban J connectivity index is 1.83. The lowest BCUT2D eigenvalue weighted by atomic mass is 9.96. The molecule has 0 aliphatic carbocycles. The number of nitrogens with one attached hydrogen (secondary N) is 1. The van der Waals surface area contributed by atoms with Crippen molar-refractivity contribution >= 4 is 5.91 Å². The summed E-state index contributed by atoms with van der Waals surface area (Å²) >= 11 is 0. The van der Waals surface area contributed by atoms with Gasteiger partial charge in [0.05, 0.1) is 19.8 Å². The van der Waals surface area contributed by atoms with Gasteiger partial charge in [-0.3, -0.25) is 4.79 Å². The second-order valence-electron chi connectivity index (χ2n) is 6.79. The minimum atomic E-state index is 0.0171. The monoisotopic (exact) mass is 355 g/mol. The highest BCUT2D eigenvalue weighted by atomic mass is 16.5. The molecule has 0 bridgehead atoms. The predicted octanol–water partition coefficient (Wildman–Crippen LogP) is 4.76. The van der Waals surface area contributed by atoms with E-state index >= 15 is 0 Å². The Kier molecular flexibility index (Phi) is 8.00. The van der Waals surface area contributed by atoms with E-state index in [0.29, 0.717) is 25.4 Å². The SMILES string of the molecule is COc1ccc(C(CC(C)C)NC(=O)CCCOc2ccccc2)cc1. The van der Waals surface area contributed by atoms with Crippen LogP contribution in [0, 0.1) is 5.92 Å². The Morgan fingerprint density at radius 2 is 1.69 bits per heavy atom. The molecule has 2 aromatic rings. The van der Waals surface area contributed by atoms with Gasteiger partial charge in [0.1, 0.15) is 11.5 Å². The Morgan fingerprint density at radius 3 is 2.31 bits per heavy atom. The number of para-hydroxylation sites is 1. The zero-order valence-electron chi connectivity index (χ0n) is 15.9. The van der Waals surface area contributed by atoms with E-state index < -0.39 is 0 Å². The number of hydrogen-bond acceptors (Lipinski definition) is 3. The van der Waals surface area contributed by atoms with E-state index in [2.05, 4.69) is 19.2 Å². The van der Waals surface area contributed by atoms with Gasteiger partial charge in [-0.1, -0.05) is 44.2 Å². The maximum Gasteiger partial charge on any atom is 0.220 e. The number of rotatable bonds is 10. The minimum absolute atomic E-state index is 0.0171. The standard InChI is InChI=1S/C22H29NO3/c1-17(2)16-21(18-11-13-19(25-3)14-12-18)23-22(24)10-7-15-26-20-8-5-4-6-9-20/h4-6,8-9,11-14,17,21H,7,10,15-16H2,1-3H3,(H,23,24). The lowest BCUT2D eigenvalue weighted by Crippen LogP contribution is -2.29. The third kappa shape index (κ3) is 6.79. The first-order valence-electron chi connectivity index (χ1n) is 9.19. The smallest absolute Gasteiger partial charge is 0.220 e. The van der Waals surface area contributed by atoms with Crippen LogP contribution in [0.2, 0.25) is 0 Å². The van der Waals surface area contributed by atoms with Crippen molar-refractivity contribution in [3.05, 3.63) is 60.2 Å². The van der Waals surface area contributed by atoms with Gasteiger partial charge in [-0.25, -0.2) is 0 Å². The highest BCUT2D eigenvalue weighted by molar-refractivity contribution is 5.76. The molecule has 0 spiro atoms. The second-order valence-corrected chi connectivity index (χ2v) is 6.79. The molecule has 4 nitrogen and oxygen atoms in total. The molecule has 1 amide bonds. The van der Waals surface area contributed by atoms with E-state index in [1.54, 1.807) is 7.11 Å². The number of carbonyl (C=O) groups excluding carboxylic acids is 1. The van der Waals surface area contributed by atoms with Gasteiger partial charge in [0.15, 0.2) is 0 Å². The summed E-state index contributed by atoms with van der Waals surface area (Å²) in [4.78, 5) is 12.4. The molecule has 140 valence electrons. The molecule has 0 aliphatic rings. The van der Waals surface area contributed by atoms with E-state index in [1.807, 2.05) is 54.6 Å². The Labute approximate surface area is 156 Å². The third-order valence-corrected chi connectivity index (χ3v) is 4.12. The molecule has 4 heteroatoms. The molecule has 0 saturated heterocycles. The second kappa shape index (κ2) is 10.5. The molecule has 0 heterocycles. The molecule has 0 saturated carbocycles. The number of carbonyl (C=O) groups is 1. The molecular formula is C22H29NO3. The van der Waals surface area contributed by atoms with Crippen molar-refractivity contribution in [2.45, 2.75) is 39.2 Å². The summed E-state index contributed by atoms with van der Waals surface area (Å²) in [6, 6.07) is 17.6. The zero-order valence-corrected chi connectivity index (χ0v) is 15.9. The number of amides is 1. The molecule has 26 heavy (non-hydrogen) atoms. The molecule has 0 radical (unpaired) electrons. The van der Waals surface area contributed by atoms with Gasteiger partial charge in [0, 0.05) is 6.42 Å². The van der Waals surface area contributed by atoms with Crippen molar-refractivity contribution in [2.24, 2.45) is 5.92 Å². The van der Waals surface area contributed by atoms with Crippen LogP contribution in [0.4, 0.5) is 0 Å². The summed E-state index contributed by atoms with van der Waals surface area (Å²) in [6.07, 6.45) is 2.05. The summed E-state index contributed by atoms with van der Waals surface area (Å²) in [5.41, 5.74) is 1.10. The zero-order chi connectivity index (χ0) is 18.8. The van der Waals surface area contributed by atoms with E-state index in [9.17, 15) is 4.79 Å². The van der Waals surface area contributed by atoms with Crippen LogP contribution in [-0.2, 0) is 4.79 Å². The summed E-state index contributed by atoms with van der Waals surface area (Å²) < 4.78 is 10.9. The molecular weight excluding hydrogens is 326 g/mol. The molecule has 0 fully saturated rings. The fourth-order valence-corrected chi connectivity index (χ4v) is 2.79. The molecule has 0 aliphatic heterocycles. The summed E-state index contributed by atoms with van der Waals surface area (Å²) in [6.45, 7) is 4.86. The normalized spacial score (nSPS) is 11.8. The average molecular weight is 355 g/mol. The van der Waals surface area contributed by atoms with Gasteiger partial charge in [-0.2, -0.15) is 0 Å². The summed E-state index contributed by atoms with van der Waals surface area (Å²) in [5, 5.41) is 3.17. The molecule has 1 unspecified atom stereocenters. The van der Waals surface area contributed by atoms with Crippen molar-refractivity contribution in [3.63, 3.8) is 0 Å². The fourth-order valence-electron chi connectivity index (χ4n) is 2.79. The fraction of sp³-hybridized carbons (Fsp3) is 0.409. The lowest BCUT2D eigenvalue weighted by molar-refractivity contribution is -0.122. The highest BCUT2D eigenvalue weighted by Crippen LogP contribution is 2.23. The van der Waals surface area contributed by atoms with Gasteiger partial charge in [-0.15, -0.1) is 0 Å². The quantitative estimate of drug-likeness (QED) is 0.625. The van der Waals surface area contributed by atoms with Crippen molar-refractivity contribution in [1.82, 2.24) is 5.32 Å². The molecule has 0 aromatic heterocycles. The van der Waals surface area contributed by atoms with Crippen LogP contribution in [0.3, 0.4) is 0 Å². The van der Waals surface area contributed by atoms with Gasteiger partial charge in [-0.05, 0) is 48.6 Å². The van der Waals surface area contributed by atoms with Gasteiger partial charge in [0.2, 0.25) is 5.91 Å². The molecule has 1 N–H and O–H groups in total. The van der Waals surface area contributed by atoms with E-state index in [1.165, 1.54) is 0 Å². The van der Waals surface area contributed by atoms with Crippen molar-refractivity contribution in [3.8, 4) is 11.5 Å². The van der Waals surface area contributed by atoms with Crippen LogP contribution >= 0.6 is 0 Å². The highest BCUT2D eigenvalue weighted by Gasteiger charge is 2.16. The van der Waals surface area contributed by atoms with Crippen molar-refractivity contribution < 1.29 is 14.3 Å². The van der Waals surface area contributed by atoms with E-state index in [-0.39, 0.29) is 11.9 Å². The van der Waals surface area contributed by atoms with Gasteiger partial charge >= 0.3 is 0 Å². The number of methoxy groups -OCH3 is 1. The van der Waals surface area contributed by atoms with Crippen LogP contribution in [0.15, 0.2) is 54.6 Å². The minimum Gasteiger partial charge on any atom is -0.497 e. The third-order valence-electron chi connectivity index (χ3n) is 4.12. The van der Waals surface area contributed by atoms with Crippen LogP contribution in [-0.4, -0.2) is 19.6 Å². The molecule has 1 atom stereocenters. The Hall–Kier alpha value is -2.49. The first kappa shape index (κ1) is 19.8. The first-order chi connectivity index (χ1) is 12.6. The van der Waals surface area contributed by atoms with Crippen LogP contribution in [0.5, 0.6) is 11.5 Å². The maximum atomic E-state index is 12.4. The van der Waals surface area contributed by atoms with E-state index in [0.717, 1.165) is 23.5 Å². The summed E-state index contributed by atoms with van der Waals surface area (Å²) in [7, 11) is 1.65.